The fourth-order valence-electron chi connectivity index (χ4n) is 5.21. The van der Waals surface area contributed by atoms with E-state index < -0.39 is 0 Å². The van der Waals surface area contributed by atoms with Crippen molar-refractivity contribution in [2.75, 3.05) is 13.1 Å². The van der Waals surface area contributed by atoms with Crippen LogP contribution in [0, 0.1) is 5.41 Å². The molecule has 1 aromatic heterocycles. The van der Waals surface area contributed by atoms with Crippen molar-refractivity contribution >= 4 is 22.8 Å². The Balaban J connectivity index is 1.12. The van der Waals surface area contributed by atoms with E-state index in [0.717, 1.165) is 50.6 Å². The first-order chi connectivity index (χ1) is 15.6. The van der Waals surface area contributed by atoms with E-state index in [1.807, 2.05) is 47.4 Å². The molecule has 6 nitrogen and oxygen atoms in total. The number of fused-ring (bicyclic) bond motifs is 1. The van der Waals surface area contributed by atoms with Gasteiger partial charge in [0.2, 0.25) is 11.8 Å². The zero-order valence-electron chi connectivity index (χ0n) is 18.3. The first-order valence-electron chi connectivity index (χ1n) is 11.6. The van der Waals surface area contributed by atoms with Crippen molar-refractivity contribution in [1.29, 1.82) is 0 Å². The number of aryl methyl sites for hydroxylation is 1. The summed E-state index contributed by atoms with van der Waals surface area (Å²) in [6, 6.07) is 18.0. The Labute approximate surface area is 188 Å². The number of rotatable bonds is 6. The highest BCUT2D eigenvalue weighted by molar-refractivity contribution is 5.86. The molecule has 0 bridgehead atoms. The lowest BCUT2D eigenvalue weighted by Gasteiger charge is -2.54. The molecule has 2 amide bonds. The normalized spacial score (nSPS) is 19.6. The number of aromatic nitrogens is 1. The quantitative estimate of drug-likeness (QED) is 0.643. The number of hydrogen-bond acceptors (Lipinski definition) is 4. The van der Waals surface area contributed by atoms with Gasteiger partial charge in [-0.05, 0) is 55.2 Å². The van der Waals surface area contributed by atoms with Crippen LogP contribution < -0.4 is 5.32 Å². The molecular formula is C26H29N3O3. The molecule has 1 spiro atoms. The van der Waals surface area contributed by atoms with Gasteiger partial charge in [0, 0.05) is 30.9 Å². The molecule has 0 radical (unpaired) electrons. The number of para-hydroxylation sites is 1. The number of likely N-dealkylation sites (tertiary alicyclic amines) is 1. The fraction of sp³-hybridized carbons (Fsp3) is 0.423. The van der Waals surface area contributed by atoms with Crippen LogP contribution in [0.5, 0.6) is 0 Å². The molecule has 1 aliphatic heterocycles. The summed E-state index contributed by atoms with van der Waals surface area (Å²) in [5, 5.41) is 8.29. The Hall–Kier alpha value is -3.15. The van der Waals surface area contributed by atoms with Crippen LogP contribution in [-0.2, 0) is 22.4 Å². The molecule has 32 heavy (non-hydrogen) atoms. The molecule has 1 saturated carbocycles. The fourth-order valence-corrected chi connectivity index (χ4v) is 5.21. The Morgan fingerprint density at radius 3 is 2.53 bits per heavy atom. The maximum Gasteiger partial charge on any atom is 0.228 e. The van der Waals surface area contributed by atoms with Crippen molar-refractivity contribution in [2.24, 2.45) is 5.41 Å². The number of nitrogens with zero attached hydrogens (tertiary/aromatic N) is 2. The van der Waals surface area contributed by atoms with Crippen LogP contribution >= 0.6 is 0 Å². The van der Waals surface area contributed by atoms with Crippen molar-refractivity contribution in [2.45, 2.75) is 51.0 Å². The maximum atomic E-state index is 12.9. The van der Waals surface area contributed by atoms with E-state index in [1.165, 1.54) is 5.56 Å². The predicted octanol–water partition coefficient (Wildman–Crippen LogP) is 3.89. The topological polar surface area (TPSA) is 75.4 Å². The summed E-state index contributed by atoms with van der Waals surface area (Å²) in [6.07, 6.45) is 5.62. The van der Waals surface area contributed by atoms with Gasteiger partial charge in [-0.3, -0.25) is 9.59 Å². The Bertz CT molecular complexity index is 1100. The molecule has 166 valence electrons. The van der Waals surface area contributed by atoms with Crippen molar-refractivity contribution in [1.82, 2.24) is 15.4 Å². The monoisotopic (exact) mass is 431 g/mol. The summed E-state index contributed by atoms with van der Waals surface area (Å²) in [5.74, 6) is 0.232. The molecule has 6 heteroatoms. The largest absolute Gasteiger partial charge is 0.356 e. The van der Waals surface area contributed by atoms with E-state index in [1.54, 1.807) is 0 Å². The number of hydrogen-bond donors (Lipinski definition) is 1. The van der Waals surface area contributed by atoms with Gasteiger partial charge in [0.1, 0.15) is 5.69 Å². The minimum atomic E-state index is 0.0988. The molecular weight excluding hydrogens is 402 g/mol. The Morgan fingerprint density at radius 1 is 1.03 bits per heavy atom. The van der Waals surface area contributed by atoms with E-state index in [-0.39, 0.29) is 29.7 Å². The summed E-state index contributed by atoms with van der Waals surface area (Å²) in [4.78, 5) is 27.3. The van der Waals surface area contributed by atoms with Gasteiger partial charge in [-0.1, -0.05) is 47.6 Å². The predicted molar refractivity (Wildman–Crippen MR) is 122 cm³/mol. The maximum absolute atomic E-state index is 12.9. The van der Waals surface area contributed by atoms with Gasteiger partial charge in [-0.2, -0.15) is 0 Å². The van der Waals surface area contributed by atoms with Crippen LogP contribution in [0.4, 0.5) is 0 Å². The molecule has 1 atom stereocenters. The van der Waals surface area contributed by atoms with Gasteiger partial charge in [0.05, 0.1) is 6.42 Å². The van der Waals surface area contributed by atoms with Crippen LogP contribution in [0.1, 0.15) is 43.4 Å². The third-order valence-electron chi connectivity index (χ3n) is 7.37. The second-order valence-electron chi connectivity index (χ2n) is 9.19. The first-order valence-corrected chi connectivity index (χ1v) is 11.6. The van der Waals surface area contributed by atoms with Gasteiger partial charge in [-0.25, -0.2) is 0 Å². The van der Waals surface area contributed by atoms with E-state index in [4.69, 9.17) is 4.52 Å². The summed E-state index contributed by atoms with van der Waals surface area (Å²) in [6.45, 7) is 1.48. The number of benzene rings is 2. The summed E-state index contributed by atoms with van der Waals surface area (Å²) in [7, 11) is 0. The molecule has 5 rings (SSSR count). The molecule has 2 fully saturated rings. The zero-order valence-corrected chi connectivity index (χ0v) is 18.3. The van der Waals surface area contributed by atoms with Crippen LogP contribution in [0.2, 0.25) is 0 Å². The molecule has 1 aliphatic carbocycles. The Kier molecular flexibility index (Phi) is 5.68. The van der Waals surface area contributed by atoms with Gasteiger partial charge in [0.25, 0.3) is 0 Å². The minimum absolute atomic E-state index is 0.0988. The molecule has 1 unspecified atom stereocenters. The van der Waals surface area contributed by atoms with Crippen LogP contribution in [0.3, 0.4) is 0 Å². The number of amides is 2. The molecule has 3 aromatic rings. The van der Waals surface area contributed by atoms with Crippen LogP contribution in [0.25, 0.3) is 11.0 Å². The SMILES string of the molecule is O=C(CCc1ccccc1)NC1CCC12CCN(C(=O)Cc1noc3ccccc13)CC2. The lowest BCUT2D eigenvalue weighted by molar-refractivity contribution is -0.136. The summed E-state index contributed by atoms with van der Waals surface area (Å²) < 4.78 is 5.33. The van der Waals surface area contributed by atoms with Gasteiger partial charge >= 0.3 is 0 Å². The van der Waals surface area contributed by atoms with E-state index in [0.29, 0.717) is 17.7 Å². The van der Waals surface area contributed by atoms with Crippen molar-refractivity contribution < 1.29 is 14.1 Å². The van der Waals surface area contributed by atoms with Gasteiger partial charge in [0.15, 0.2) is 5.58 Å². The number of piperidine rings is 1. The highest BCUT2D eigenvalue weighted by Gasteiger charge is 2.49. The van der Waals surface area contributed by atoms with Crippen molar-refractivity contribution in [3.63, 3.8) is 0 Å². The third-order valence-corrected chi connectivity index (χ3v) is 7.37. The zero-order chi connectivity index (χ0) is 22.0. The highest BCUT2D eigenvalue weighted by atomic mass is 16.5. The minimum Gasteiger partial charge on any atom is -0.356 e. The van der Waals surface area contributed by atoms with Gasteiger partial charge in [-0.15, -0.1) is 0 Å². The molecule has 2 aliphatic rings. The molecule has 2 heterocycles. The number of carbonyl (C=O) groups excluding carboxylic acids is 2. The first kappa shape index (κ1) is 20.7. The Morgan fingerprint density at radius 2 is 1.78 bits per heavy atom. The second-order valence-corrected chi connectivity index (χ2v) is 9.19. The number of nitrogens with one attached hydrogen (secondary N) is 1. The average Bonchev–Trinajstić information content (AvgIpc) is 3.24. The average molecular weight is 432 g/mol. The molecule has 1 N–H and O–H groups in total. The number of carbonyl (C=O) groups is 2. The third kappa shape index (κ3) is 4.14. The van der Waals surface area contributed by atoms with Crippen molar-refractivity contribution in [3.05, 3.63) is 65.9 Å². The van der Waals surface area contributed by atoms with E-state index >= 15 is 0 Å². The standard InChI is InChI=1S/C26H29N3O3/c30-24(11-10-19-6-2-1-3-7-19)27-23-12-13-26(23)14-16-29(17-15-26)25(31)18-21-20-8-4-5-9-22(20)32-28-21/h1-9,23H,10-18H2,(H,27,30). The summed E-state index contributed by atoms with van der Waals surface area (Å²) >= 11 is 0. The molecule has 1 saturated heterocycles. The van der Waals surface area contributed by atoms with E-state index in [9.17, 15) is 9.59 Å². The smallest absolute Gasteiger partial charge is 0.228 e. The van der Waals surface area contributed by atoms with Gasteiger partial charge < -0.3 is 14.7 Å². The lowest BCUT2D eigenvalue weighted by atomic mass is 9.59. The van der Waals surface area contributed by atoms with E-state index in [2.05, 4.69) is 22.6 Å². The molecule has 2 aromatic carbocycles. The highest BCUT2D eigenvalue weighted by Crippen LogP contribution is 2.49. The summed E-state index contributed by atoms with van der Waals surface area (Å²) in [5.41, 5.74) is 2.77. The van der Waals surface area contributed by atoms with Crippen LogP contribution in [0.15, 0.2) is 59.1 Å². The second kappa shape index (κ2) is 8.77. The van der Waals surface area contributed by atoms with Crippen LogP contribution in [-0.4, -0.2) is 41.0 Å². The lowest BCUT2D eigenvalue weighted by Crippen LogP contribution is -2.59. The van der Waals surface area contributed by atoms with Crippen molar-refractivity contribution in [3.8, 4) is 0 Å².